The third kappa shape index (κ3) is 0.894. The van der Waals surface area contributed by atoms with E-state index >= 15 is 0 Å². The number of thiol groups is 1. The van der Waals surface area contributed by atoms with Crippen molar-refractivity contribution in [2.75, 3.05) is 0 Å². The molecule has 1 heterocycles. The van der Waals surface area contributed by atoms with Crippen LogP contribution in [0.25, 0.3) is 0 Å². The van der Waals surface area contributed by atoms with Crippen molar-refractivity contribution in [1.82, 2.24) is 9.97 Å². The molecule has 0 aliphatic rings. The predicted octanol–water partition coefficient (Wildman–Crippen LogP) is 0.909. The molecule has 8 heavy (non-hydrogen) atoms. The summed E-state index contributed by atoms with van der Waals surface area (Å²) in [5.74, 6) is -0.240. The normalized spacial score (nSPS) is 9.12. The maximum Gasteiger partial charge on any atom is 0.228 e. The van der Waals surface area contributed by atoms with E-state index in [0.29, 0.717) is 0 Å². The molecule has 0 aromatic carbocycles. The zero-order chi connectivity index (χ0) is 5.98. The smallest absolute Gasteiger partial charge is 0.228 e. The maximum atomic E-state index is 10.4. The largest absolute Gasteiger partial charge is 0.285 e. The molecule has 0 N–H and O–H groups in total. The molecule has 0 bridgehead atoms. The zero-order valence-electron chi connectivity index (χ0n) is 3.90. The molecule has 1 rings (SSSR count). The summed E-state index contributed by atoms with van der Waals surface area (Å²) in [7, 11) is 0. The van der Waals surface area contributed by atoms with Gasteiger partial charge in [-0.15, -0.1) is 12.6 Å². The lowest BCUT2D eigenvalue weighted by Crippen LogP contribution is -1.76. The van der Waals surface area contributed by atoms with E-state index in [0.717, 1.165) is 0 Å². The molecule has 0 atom stereocenters. The molecule has 0 fully saturated rings. The second-order valence-corrected chi connectivity index (χ2v) is 1.63. The Bertz CT molecular complexity index is 170. The van der Waals surface area contributed by atoms with E-state index in [1.54, 1.807) is 0 Å². The fraction of sp³-hybridized carbons (Fsp3) is 0. The van der Waals surface area contributed by atoms with E-state index in [1.807, 2.05) is 0 Å². The average Bonchev–Trinajstić information content (AvgIpc) is 1.77. The molecule has 0 spiro atoms. The van der Waals surface area contributed by atoms with E-state index < -0.39 is 0 Å². The van der Waals surface area contributed by atoms with E-state index in [4.69, 9.17) is 0 Å². The highest BCUT2D eigenvalue weighted by Crippen LogP contribution is 2.14. The van der Waals surface area contributed by atoms with Crippen LogP contribution >= 0.6 is 12.6 Å². The van der Waals surface area contributed by atoms with Crippen LogP contribution in [0.4, 0.5) is 0 Å². The summed E-state index contributed by atoms with van der Waals surface area (Å²) in [5, 5.41) is 10.6. The number of hydrogen-bond donors (Lipinski definition) is 1. The lowest BCUT2D eigenvalue weighted by molar-refractivity contribution is 0.338. The highest BCUT2D eigenvalue weighted by atomic mass is 32.1. The summed E-state index contributed by atoms with van der Waals surface area (Å²) in [4.78, 5) is 6.99. The van der Waals surface area contributed by atoms with Crippen molar-refractivity contribution in [2.45, 2.75) is 5.03 Å². The van der Waals surface area contributed by atoms with Gasteiger partial charge in [0.25, 0.3) is 0 Å². The lowest BCUT2D eigenvalue weighted by atomic mass is 10.6. The summed E-state index contributed by atoms with van der Waals surface area (Å²) in [5.41, 5.74) is 0. The van der Waals surface area contributed by atoms with Crippen LogP contribution in [-0.4, -0.2) is 9.97 Å². The Morgan fingerprint density at radius 2 is 2.38 bits per heavy atom. The molecule has 0 amide bonds. The average molecular weight is 127 g/mol. The van der Waals surface area contributed by atoms with Gasteiger partial charge in [-0.2, -0.15) is 0 Å². The minimum Gasteiger partial charge on any atom is -0.285 e. The first-order valence-corrected chi connectivity index (χ1v) is 2.41. The highest BCUT2D eigenvalue weighted by molar-refractivity contribution is 7.80. The molecule has 1 aromatic heterocycles. The van der Waals surface area contributed by atoms with Gasteiger partial charge in [0, 0.05) is 0 Å². The standard InChI is InChI=1S/C4H3N2OS/c7-3-1-5-2-6-4(3)8/h1-2H,(H,5,6,8). The molecule has 41 valence electrons. The Hall–Kier alpha value is -0.770. The van der Waals surface area contributed by atoms with Gasteiger partial charge < -0.3 is 0 Å². The van der Waals surface area contributed by atoms with Gasteiger partial charge in [-0.25, -0.2) is 9.97 Å². The Balaban J connectivity index is 3.13. The van der Waals surface area contributed by atoms with Crippen LogP contribution < -0.4 is 0 Å². The number of nitrogens with zero attached hydrogens (tertiary/aromatic N) is 2. The molecule has 0 saturated heterocycles. The van der Waals surface area contributed by atoms with Crippen LogP contribution in [0.2, 0.25) is 0 Å². The van der Waals surface area contributed by atoms with Crippen LogP contribution in [-0.2, 0) is 5.11 Å². The minimum absolute atomic E-state index is 0.194. The van der Waals surface area contributed by atoms with Gasteiger partial charge in [0.05, 0.1) is 6.20 Å². The van der Waals surface area contributed by atoms with Crippen LogP contribution in [0.15, 0.2) is 17.6 Å². The molecule has 0 saturated carbocycles. The fourth-order valence-corrected chi connectivity index (χ4v) is 0.420. The molecule has 0 aliphatic heterocycles. The monoisotopic (exact) mass is 127 g/mol. The molecule has 1 aromatic rings. The van der Waals surface area contributed by atoms with E-state index in [9.17, 15) is 5.11 Å². The summed E-state index contributed by atoms with van der Waals surface area (Å²) in [6.07, 6.45) is 2.46. The first-order chi connectivity index (χ1) is 3.80. The van der Waals surface area contributed by atoms with Gasteiger partial charge in [0.15, 0.2) is 0 Å². The molecule has 0 unspecified atom stereocenters. The van der Waals surface area contributed by atoms with Gasteiger partial charge in [-0.3, -0.25) is 5.11 Å². The van der Waals surface area contributed by atoms with E-state index in [1.165, 1.54) is 12.5 Å². The van der Waals surface area contributed by atoms with Crippen molar-refractivity contribution in [2.24, 2.45) is 0 Å². The molecule has 0 aliphatic carbocycles. The van der Waals surface area contributed by atoms with Crippen LogP contribution in [0, 0.1) is 0 Å². The minimum atomic E-state index is -0.240. The van der Waals surface area contributed by atoms with Gasteiger partial charge in [0.1, 0.15) is 11.4 Å². The second-order valence-electron chi connectivity index (χ2n) is 1.21. The van der Waals surface area contributed by atoms with E-state index in [2.05, 4.69) is 22.6 Å². The fourth-order valence-electron chi connectivity index (χ4n) is 0.310. The number of hydrogen-bond acceptors (Lipinski definition) is 3. The molecule has 1 radical (unpaired) electrons. The van der Waals surface area contributed by atoms with Gasteiger partial charge in [-0.1, -0.05) is 0 Å². The highest BCUT2D eigenvalue weighted by Gasteiger charge is 1.94. The van der Waals surface area contributed by atoms with Gasteiger partial charge in [-0.05, 0) is 0 Å². The SMILES string of the molecule is [O]c1cncnc1S. The first kappa shape index (κ1) is 5.37. The Morgan fingerprint density at radius 1 is 1.62 bits per heavy atom. The van der Waals surface area contributed by atoms with Crippen molar-refractivity contribution in [3.8, 4) is 5.75 Å². The predicted molar refractivity (Wildman–Crippen MR) is 29.4 cm³/mol. The maximum absolute atomic E-state index is 10.4. The Kier molecular flexibility index (Phi) is 1.34. The molecule has 3 nitrogen and oxygen atoms in total. The third-order valence-corrected chi connectivity index (χ3v) is 0.995. The van der Waals surface area contributed by atoms with Crippen molar-refractivity contribution in [1.29, 1.82) is 0 Å². The summed E-state index contributed by atoms with van der Waals surface area (Å²) in [6.45, 7) is 0. The van der Waals surface area contributed by atoms with E-state index in [-0.39, 0.29) is 10.8 Å². The second kappa shape index (κ2) is 2.00. The van der Waals surface area contributed by atoms with Gasteiger partial charge in [0.2, 0.25) is 5.75 Å². The molecular formula is C4H3N2OS. The van der Waals surface area contributed by atoms with Crippen molar-refractivity contribution >= 4 is 12.6 Å². The summed E-state index contributed by atoms with van der Waals surface area (Å²) < 4.78 is 0. The Labute approximate surface area is 51.8 Å². The third-order valence-electron chi connectivity index (χ3n) is 0.659. The zero-order valence-corrected chi connectivity index (χ0v) is 4.80. The van der Waals surface area contributed by atoms with Crippen LogP contribution in [0.3, 0.4) is 0 Å². The Morgan fingerprint density at radius 3 is 2.75 bits per heavy atom. The molecular weight excluding hydrogens is 124 g/mol. The summed E-state index contributed by atoms with van der Waals surface area (Å²) >= 11 is 3.73. The van der Waals surface area contributed by atoms with Crippen molar-refractivity contribution < 1.29 is 5.11 Å². The number of aromatic nitrogens is 2. The molecule has 4 heteroatoms. The van der Waals surface area contributed by atoms with Crippen LogP contribution in [0.1, 0.15) is 0 Å². The first-order valence-electron chi connectivity index (χ1n) is 1.96. The lowest BCUT2D eigenvalue weighted by Gasteiger charge is -1.85. The van der Waals surface area contributed by atoms with Crippen molar-refractivity contribution in [3.63, 3.8) is 0 Å². The topological polar surface area (TPSA) is 45.7 Å². The summed E-state index contributed by atoms with van der Waals surface area (Å²) in [6, 6.07) is 0. The quantitative estimate of drug-likeness (QED) is 0.416. The van der Waals surface area contributed by atoms with Crippen LogP contribution in [0.5, 0.6) is 5.75 Å². The number of rotatable bonds is 0. The van der Waals surface area contributed by atoms with Gasteiger partial charge >= 0.3 is 0 Å². The van der Waals surface area contributed by atoms with Crippen molar-refractivity contribution in [3.05, 3.63) is 12.5 Å².